The molecule has 1 aliphatic rings. The zero-order valence-electron chi connectivity index (χ0n) is 15.4. The molecule has 3 aromatic rings. The maximum atomic E-state index is 13.1. The van der Waals surface area contributed by atoms with Gasteiger partial charge >= 0.3 is 0 Å². The summed E-state index contributed by atoms with van der Waals surface area (Å²) in [6.45, 7) is 3.35. The number of primary amides is 1. The van der Waals surface area contributed by atoms with Gasteiger partial charge in [-0.3, -0.25) is 9.59 Å². The molecule has 0 unspecified atom stereocenters. The molecule has 0 saturated carbocycles. The number of carbonyl (C=O) groups is 2. The van der Waals surface area contributed by atoms with E-state index >= 15 is 0 Å². The van der Waals surface area contributed by atoms with E-state index in [4.69, 9.17) is 5.73 Å². The lowest BCUT2D eigenvalue weighted by Crippen LogP contribution is -2.51. The molecule has 0 bridgehead atoms. The van der Waals surface area contributed by atoms with Crippen molar-refractivity contribution in [2.45, 2.75) is 38.9 Å². The highest BCUT2D eigenvalue weighted by atomic mass is 16.2. The number of hydrogen-bond acceptors (Lipinski definition) is 2. The normalized spacial score (nSPS) is 16.3. The van der Waals surface area contributed by atoms with Crippen molar-refractivity contribution in [3.63, 3.8) is 0 Å². The predicted octanol–water partition coefficient (Wildman–Crippen LogP) is 2.64. The molecule has 0 saturated heterocycles. The van der Waals surface area contributed by atoms with Gasteiger partial charge in [0, 0.05) is 36.6 Å². The van der Waals surface area contributed by atoms with Crippen LogP contribution in [0.3, 0.4) is 0 Å². The number of amides is 2. The van der Waals surface area contributed by atoms with E-state index in [9.17, 15) is 9.59 Å². The molecule has 5 nitrogen and oxygen atoms in total. The van der Waals surface area contributed by atoms with Crippen molar-refractivity contribution >= 4 is 22.7 Å². The molecule has 0 spiro atoms. The maximum absolute atomic E-state index is 13.1. The molecule has 0 fully saturated rings. The van der Waals surface area contributed by atoms with Gasteiger partial charge in [0.15, 0.2) is 0 Å². The molecule has 1 aromatic heterocycles. The monoisotopic (exact) mass is 361 g/mol. The number of carbonyl (C=O) groups excluding carboxylic acids is 2. The quantitative estimate of drug-likeness (QED) is 0.776. The highest BCUT2D eigenvalue weighted by molar-refractivity contribution is 5.92. The van der Waals surface area contributed by atoms with Gasteiger partial charge in [-0.2, -0.15) is 0 Å². The summed E-state index contributed by atoms with van der Waals surface area (Å²) in [7, 11) is 0. The minimum atomic E-state index is -0.591. The molecule has 2 heterocycles. The van der Waals surface area contributed by atoms with Gasteiger partial charge in [-0.05, 0) is 29.7 Å². The average molecular weight is 361 g/mol. The van der Waals surface area contributed by atoms with Crippen molar-refractivity contribution in [2.75, 3.05) is 0 Å². The van der Waals surface area contributed by atoms with Crippen molar-refractivity contribution in [3.8, 4) is 0 Å². The first-order valence-corrected chi connectivity index (χ1v) is 9.30. The van der Waals surface area contributed by atoms with Crippen LogP contribution in [0.1, 0.15) is 23.6 Å². The van der Waals surface area contributed by atoms with Gasteiger partial charge in [-0.25, -0.2) is 0 Å². The number of fused-ring (bicyclic) bond motifs is 2. The molecule has 1 atom stereocenters. The fourth-order valence-corrected chi connectivity index (χ4v) is 4.03. The van der Waals surface area contributed by atoms with Crippen LogP contribution in [0.25, 0.3) is 10.9 Å². The van der Waals surface area contributed by atoms with E-state index < -0.39 is 11.9 Å². The van der Waals surface area contributed by atoms with Gasteiger partial charge in [0.05, 0.1) is 6.42 Å². The summed E-state index contributed by atoms with van der Waals surface area (Å²) in [6, 6.07) is 15.4. The average Bonchev–Trinajstić information content (AvgIpc) is 3.04. The van der Waals surface area contributed by atoms with Gasteiger partial charge in [0.25, 0.3) is 0 Å². The smallest absolute Gasteiger partial charge is 0.240 e. The molecule has 2 aromatic carbocycles. The maximum Gasteiger partial charge on any atom is 0.240 e. The van der Waals surface area contributed by atoms with Crippen LogP contribution in [0.15, 0.2) is 54.7 Å². The van der Waals surface area contributed by atoms with Gasteiger partial charge in [0.1, 0.15) is 6.04 Å². The molecule has 27 heavy (non-hydrogen) atoms. The fraction of sp³-hybridized carbons (Fsp3) is 0.273. The molecule has 2 N–H and O–H groups in total. The number of rotatable bonds is 4. The first kappa shape index (κ1) is 17.3. The highest BCUT2D eigenvalue weighted by Crippen LogP contribution is 2.26. The molecular formula is C22H23N3O2. The van der Waals surface area contributed by atoms with E-state index in [1.54, 1.807) is 4.90 Å². The van der Waals surface area contributed by atoms with Crippen LogP contribution in [0, 0.1) is 0 Å². The van der Waals surface area contributed by atoms with E-state index in [0.29, 0.717) is 13.0 Å². The summed E-state index contributed by atoms with van der Waals surface area (Å²) >= 11 is 0. The summed E-state index contributed by atoms with van der Waals surface area (Å²) in [5.74, 6) is -0.513. The Morgan fingerprint density at radius 3 is 2.52 bits per heavy atom. The summed E-state index contributed by atoms with van der Waals surface area (Å²) in [4.78, 5) is 26.8. The van der Waals surface area contributed by atoms with Crippen molar-refractivity contribution in [2.24, 2.45) is 5.73 Å². The highest BCUT2D eigenvalue weighted by Gasteiger charge is 2.33. The topological polar surface area (TPSA) is 68.3 Å². The third kappa shape index (κ3) is 3.10. The number of benzene rings is 2. The number of nitrogens with zero attached hydrogens (tertiary/aromatic N) is 2. The van der Waals surface area contributed by atoms with Gasteiger partial charge in [-0.15, -0.1) is 0 Å². The number of para-hydroxylation sites is 1. The van der Waals surface area contributed by atoms with Crippen LogP contribution >= 0.6 is 0 Å². The second-order valence-electron chi connectivity index (χ2n) is 7.05. The van der Waals surface area contributed by atoms with Crippen LogP contribution in [0.4, 0.5) is 0 Å². The first-order chi connectivity index (χ1) is 13.1. The molecular weight excluding hydrogens is 338 g/mol. The summed E-state index contributed by atoms with van der Waals surface area (Å²) in [5, 5.41) is 1.08. The Labute approximate surface area is 158 Å². The zero-order valence-corrected chi connectivity index (χ0v) is 15.4. The Balaban J connectivity index is 1.65. The Bertz CT molecular complexity index is 1020. The zero-order chi connectivity index (χ0) is 19.0. The number of aryl methyl sites for hydroxylation is 1. The van der Waals surface area contributed by atoms with Gasteiger partial charge < -0.3 is 15.2 Å². The predicted molar refractivity (Wildman–Crippen MR) is 105 cm³/mol. The van der Waals surface area contributed by atoms with Gasteiger partial charge in [0.2, 0.25) is 11.8 Å². The van der Waals surface area contributed by atoms with E-state index in [1.807, 2.05) is 48.7 Å². The van der Waals surface area contributed by atoms with Crippen LogP contribution in [0.5, 0.6) is 0 Å². The lowest BCUT2D eigenvalue weighted by atomic mass is 9.93. The Morgan fingerprint density at radius 2 is 1.78 bits per heavy atom. The number of aromatic nitrogens is 1. The lowest BCUT2D eigenvalue weighted by molar-refractivity contribution is -0.140. The second-order valence-corrected chi connectivity index (χ2v) is 7.05. The molecule has 0 radical (unpaired) electrons. The van der Waals surface area contributed by atoms with E-state index in [0.717, 1.165) is 34.1 Å². The standard InChI is InChI=1S/C22H23N3O2/c1-2-24-13-17(18-9-5-6-10-19(18)24)12-21(26)25-14-16-8-4-3-7-15(16)11-20(25)22(23)27/h3-10,13,20H,2,11-12,14H2,1H3,(H2,23,27)/t20-/m0/s1. The third-order valence-electron chi connectivity index (χ3n) is 5.45. The minimum absolute atomic E-state index is 0.0627. The van der Waals surface area contributed by atoms with Crippen LogP contribution in [-0.4, -0.2) is 27.3 Å². The van der Waals surface area contributed by atoms with E-state index in [1.165, 1.54) is 0 Å². The van der Waals surface area contributed by atoms with Crippen molar-refractivity contribution in [1.29, 1.82) is 0 Å². The van der Waals surface area contributed by atoms with Crippen LogP contribution in [-0.2, 0) is 35.5 Å². The van der Waals surface area contributed by atoms with Gasteiger partial charge in [-0.1, -0.05) is 42.5 Å². The van der Waals surface area contributed by atoms with Crippen molar-refractivity contribution < 1.29 is 9.59 Å². The first-order valence-electron chi connectivity index (χ1n) is 9.30. The lowest BCUT2D eigenvalue weighted by Gasteiger charge is -2.35. The van der Waals surface area contributed by atoms with Crippen molar-refractivity contribution in [1.82, 2.24) is 9.47 Å². The number of nitrogens with two attached hydrogens (primary N) is 1. The SMILES string of the molecule is CCn1cc(CC(=O)N2Cc3ccccc3C[C@H]2C(N)=O)c2ccccc21. The Hall–Kier alpha value is -3.08. The largest absolute Gasteiger partial charge is 0.368 e. The fourth-order valence-electron chi connectivity index (χ4n) is 4.03. The second kappa shape index (κ2) is 6.91. The van der Waals surface area contributed by atoms with E-state index in [2.05, 4.69) is 17.6 Å². The van der Waals surface area contributed by atoms with E-state index in [-0.39, 0.29) is 12.3 Å². The Kier molecular flexibility index (Phi) is 4.44. The molecule has 138 valence electrons. The molecule has 4 rings (SSSR count). The molecule has 5 heteroatoms. The van der Waals surface area contributed by atoms with Crippen molar-refractivity contribution in [3.05, 3.63) is 71.4 Å². The molecule has 0 aliphatic carbocycles. The minimum Gasteiger partial charge on any atom is -0.368 e. The Morgan fingerprint density at radius 1 is 1.07 bits per heavy atom. The summed E-state index contributed by atoms with van der Waals surface area (Å²) in [6.07, 6.45) is 2.78. The van der Waals surface area contributed by atoms with Crippen LogP contribution in [0.2, 0.25) is 0 Å². The van der Waals surface area contributed by atoms with Crippen LogP contribution < -0.4 is 5.73 Å². The third-order valence-corrected chi connectivity index (χ3v) is 5.45. The summed E-state index contributed by atoms with van der Waals surface area (Å²) in [5.41, 5.74) is 9.91. The molecule has 1 aliphatic heterocycles. The summed E-state index contributed by atoms with van der Waals surface area (Å²) < 4.78 is 2.15. The number of hydrogen-bond donors (Lipinski definition) is 1. The molecule has 2 amide bonds.